The number of hydrogen-bond donors (Lipinski definition) is 0. The molecule has 17 rings (SSSR count). The van der Waals surface area contributed by atoms with Gasteiger partial charge in [0.15, 0.2) is 0 Å². The molecule has 6 nitrogen and oxygen atoms in total. The maximum Gasteiger partial charge on any atom is 0.232 e. The highest BCUT2D eigenvalue weighted by Crippen LogP contribution is 2.53. The zero-order chi connectivity index (χ0) is 51.3. The minimum absolute atomic E-state index is 0.256. The lowest BCUT2D eigenvalue weighted by molar-refractivity contribution is 1.02. The van der Waals surface area contributed by atoms with Crippen LogP contribution in [0.3, 0.4) is 0 Å². The Balaban J connectivity index is 1.22. The largest absolute Gasteiger partial charge is 0.317 e. The molecule has 358 valence electrons. The number of rotatable bonds is 4. The molecule has 6 heteroatoms. The maximum atomic E-state index is 12.5. The Kier molecular flexibility index (Phi) is 8.60. The van der Waals surface area contributed by atoms with Crippen LogP contribution in [0.4, 0.5) is 5.69 Å². The van der Waals surface area contributed by atoms with Gasteiger partial charge in [-0.1, -0.05) is 194 Å². The summed E-state index contributed by atoms with van der Waals surface area (Å²) >= 11 is 0. The van der Waals surface area contributed by atoms with Gasteiger partial charge in [0.2, 0.25) is 5.69 Å². The monoisotopic (exact) mass is 988 g/mol. The van der Waals surface area contributed by atoms with Crippen molar-refractivity contribution in [2.75, 3.05) is 0 Å². The van der Waals surface area contributed by atoms with Gasteiger partial charge < -0.3 is 18.3 Å². The molecule has 4 heterocycles. The van der Waals surface area contributed by atoms with Gasteiger partial charge in [-0.2, -0.15) is 5.26 Å². The van der Waals surface area contributed by atoms with Crippen molar-refractivity contribution < 1.29 is 0 Å². The normalized spacial score (nSPS) is 12.1. The number of benzene rings is 13. The predicted molar refractivity (Wildman–Crippen MR) is 325 cm³/mol. The van der Waals surface area contributed by atoms with E-state index in [-0.39, 0.29) is 11.3 Å². The molecular weight excluding hydrogens is 949 g/mol. The van der Waals surface area contributed by atoms with Crippen molar-refractivity contribution in [1.29, 1.82) is 5.26 Å². The molecule has 0 aliphatic carbocycles. The highest BCUT2D eigenvalue weighted by Gasteiger charge is 2.35. The van der Waals surface area contributed by atoms with Crippen LogP contribution in [0.5, 0.6) is 0 Å². The zero-order valence-corrected chi connectivity index (χ0v) is 41.8. The van der Waals surface area contributed by atoms with Gasteiger partial charge in [-0.3, -0.25) is 0 Å². The average molecular weight is 989 g/mol. The van der Waals surface area contributed by atoms with Crippen LogP contribution >= 0.6 is 0 Å². The summed E-state index contributed by atoms with van der Waals surface area (Å²) in [6.45, 7) is 9.72. The summed E-state index contributed by atoms with van der Waals surface area (Å²) in [7, 11) is 0. The topological polar surface area (TPSA) is 47.9 Å². The first kappa shape index (κ1) is 42.4. The van der Waals surface area contributed by atoms with Crippen molar-refractivity contribution in [3.63, 3.8) is 0 Å². The van der Waals surface area contributed by atoms with Gasteiger partial charge >= 0.3 is 0 Å². The van der Waals surface area contributed by atoms with E-state index >= 15 is 0 Å². The van der Waals surface area contributed by atoms with Gasteiger partial charge in [0.05, 0.1) is 85.1 Å². The molecule has 0 saturated carbocycles. The third-order valence-electron chi connectivity index (χ3n) is 16.7. The van der Waals surface area contributed by atoms with Crippen molar-refractivity contribution in [2.45, 2.75) is 0 Å². The van der Waals surface area contributed by atoms with Crippen LogP contribution in [0.15, 0.2) is 243 Å². The molecule has 13 aromatic carbocycles. The summed E-state index contributed by atoms with van der Waals surface area (Å²) in [6.07, 6.45) is 0. The summed E-state index contributed by atoms with van der Waals surface area (Å²) < 4.78 is 9.45. The Morgan fingerprint density at radius 1 is 0.269 bits per heavy atom. The Hall–Kier alpha value is -10.9. The zero-order valence-electron chi connectivity index (χ0n) is 41.8. The van der Waals surface area contributed by atoms with E-state index in [0.29, 0.717) is 11.4 Å². The lowest BCUT2D eigenvalue weighted by Crippen LogP contribution is -2.15. The fourth-order valence-corrected chi connectivity index (χ4v) is 13.7. The number of fused-ring (bicyclic) bond motifs is 20. The maximum absolute atomic E-state index is 12.5. The molecule has 0 aliphatic heterocycles. The van der Waals surface area contributed by atoms with Crippen LogP contribution in [0.25, 0.3) is 158 Å². The first-order valence-electron chi connectivity index (χ1n) is 26.4. The van der Waals surface area contributed by atoms with Crippen LogP contribution in [0.2, 0.25) is 0 Å². The fourth-order valence-electron chi connectivity index (χ4n) is 13.7. The van der Waals surface area contributed by atoms with Crippen molar-refractivity contribution in [3.05, 3.63) is 260 Å². The number of nitrogens with zero attached hydrogens (tertiary/aromatic N) is 6. The first-order valence-corrected chi connectivity index (χ1v) is 26.4. The van der Waals surface area contributed by atoms with Crippen LogP contribution in [-0.2, 0) is 0 Å². The summed E-state index contributed by atoms with van der Waals surface area (Å²) in [5.74, 6) is 0. The van der Waals surface area contributed by atoms with Crippen LogP contribution in [-0.4, -0.2) is 18.3 Å². The molecular formula is C72H40N6. The predicted octanol–water partition coefficient (Wildman–Crippen LogP) is 19.1. The van der Waals surface area contributed by atoms with E-state index in [1.807, 2.05) is 0 Å². The number of para-hydroxylation sites is 4. The van der Waals surface area contributed by atoms with Crippen molar-refractivity contribution in [3.8, 4) is 28.8 Å². The van der Waals surface area contributed by atoms with E-state index in [1.165, 1.54) is 0 Å². The molecule has 0 atom stereocenters. The number of aromatic nitrogens is 4. The molecule has 78 heavy (non-hydrogen) atoms. The lowest BCUT2D eigenvalue weighted by atomic mass is 10.0. The minimum atomic E-state index is 0.256. The molecule has 0 bridgehead atoms. The quantitative estimate of drug-likeness (QED) is 0.162. The molecule has 0 saturated heterocycles. The van der Waals surface area contributed by atoms with Crippen LogP contribution in [0, 0.1) is 17.9 Å². The Morgan fingerprint density at radius 3 is 0.833 bits per heavy atom. The van der Waals surface area contributed by atoms with Gasteiger partial charge in [0.1, 0.15) is 0 Å². The second kappa shape index (κ2) is 15.8. The van der Waals surface area contributed by atoms with Crippen molar-refractivity contribution in [2.24, 2.45) is 0 Å². The molecule has 0 unspecified atom stereocenters. The summed E-state index contributed by atoms with van der Waals surface area (Å²) in [4.78, 5) is 4.69. The highest BCUT2D eigenvalue weighted by molar-refractivity contribution is 6.27. The van der Waals surface area contributed by atoms with Crippen LogP contribution in [0.1, 0.15) is 5.56 Å². The van der Waals surface area contributed by atoms with Gasteiger partial charge in [-0.05, 0) is 91.6 Å². The second-order valence-electron chi connectivity index (χ2n) is 20.5. The average Bonchev–Trinajstić information content (AvgIpc) is 4.41. The third kappa shape index (κ3) is 5.47. The van der Waals surface area contributed by atoms with E-state index in [4.69, 9.17) is 4.85 Å². The number of nitriles is 1. The Morgan fingerprint density at radius 2 is 0.526 bits per heavy atom. The summed E-state index contributed by atoms with van der Waals surface area (Å²) in [5, 5.41) is 30.2. The van der Waals surface area contributed by atoms with Gasteiger partial charge in [0.25, 0.3) is 0 Å². The molecule has 17 aromatic rings. The minimum Gasteiger partial charge on any atom is -0.317 e. The molecule has 4 aromatic heterocycles. The number of hydrogen-bond acceptors (Lipinski definition) is 1. The van der Waals surface area contributed by atoms with Gasteiger partial charge in [-0.15, -0.1) is 0 Å². The second-order valence-corrected chi connectivity index (χ2v) is 20.5. The molecule has 0 spiro atoms. The molecule has 0 aliphatic rings. The van der Waals surface area contributed by atoms with E-state index < -0.39 is 0 Å². The smallest absolute Gasteiger partial charge is 0.232 e. The van der Waals surface area contributed by atoms with E-state index in [2.05, 4.69) is 267 Å². The lowest BCUT2D eigenvalue weighted by Gasteiger charge is -2.28. The summed E-state index contributed by atoms with van der Waals surface area (Å²) in [6, 6.07) is 89.5. The highest BCUT2D eigenvalue weighted by atomic mass is 15.2. The molecule has 0 N–H and O–H groups in total. The van der Waals surface area contributed by atoms with Gasteiger partial charge in [0, 0.05) is 43.1 Å². The van der Waals surface area contributed by atoms with Crippen molar-refractivity contribution >= 4 is 136 Å². The molecule has 0 amide bonds. The van der Waals surface area contributed by atoms with Gasteiger partial charge in [-0.25, -0.2) is 4.85 Å². The van der Waals surface area contributed by atoms with E-state index in [1.54, 1.807) is 0 Å². The Labute approximate surface area is 445 Å². The van der Waals surface area contributed by atoms with E-state index in [0.717, 1.165) is 142 Å². The summed E-state index contributed by atoms with van der Waals surface area (Å²) in [5.41, 5.74) is 11.0. The standard InChI is InChI=1S/C72H40N6/c1-74-68-55(42-73)69(75-56-30-14-10-26-51(56)64-47-22-6-2-18-43(47)34-38-60(64)75)71(77-58-32-16-12-28-53(58)66-49-24-8-4-20-45(49)36-40-62(66)77)72(78-59-33-17-13-29-54(59)67-50-25-9-5-21-46(50)37-41-63(67)78)70(68)76-57-31-15-11-27-52(57)65-48-23-7-3-19-44(48)35-39-61(65)76/h2-41H. The fraction of sp³-hybridized carbons (Fsp3) is 0. The SMILES string of the molecule is [C-]#[N+]c1c(C#N)c(-n2c3ccccc3c3c4ccccc4ccc32)c(-n2c3ccccc3c3c4ccccc4ccc32)c(-n2c3ccccc3c3c4ccccc4ccc32)c1-n1c2ccccc2c2c3ccccc3ccc21. The van der Waals surface area contributed by atoms with Crippen molar-refractivity contribution in [1.82, 2.24) is 18.3 Å². The molecule has 0 fully saturated rings. The third-order valence-corrected chi connectivity index (χ3v) is 16.7. The first-order chi connectivity index (χ1) is 38.7. The Bertz CT molecular complexity index is 5260. The van der Waals surface area contributed by atoms with Crippen LogP contribution < -0.4 is 0 Å². The molecule has 0 radical (unpaired) electrons. The van der Waals surface area contributed by atoms with E-state index in [9.17, 15) is 11.8 Å².